The Morgan fingerprint density at radius 1 is 1.28 bits per heavy atom. The van der Waals surface area contributed by atoms with Crippen molar-refractivity contribution >= 4 is 33.1 Å². The molecule has 0 spiro atoms. The van der Waals surface area contributed by atoms with Gasteiger partial charge in [-0.05, 0) is 31.3 Å². The average molecular weight is 552 g/mol. The van der Waals surface area contributed by atoms with E-state index in [0.717, 1.165) is 19.3 Å². The number of carbonyl (C=O) groups excluding carboxylic acids is 1. The first-order valence-electron chi connectivity index (χ1n) is 10.6. The van der Waals surface area contributed by atoms with Gasteiger partial charge in [0.1, 0.15) is 24.6 Å². The van der Waals surface area contributed by atoms with Crippen LogP contribution in [0, 0.1) is 0 Å². The Hall–Kier alpha value is -2.97. The molecule has 0 bridgehead atoms. The lowest BCUT2D eigenvalue weighted by atomic mass is 10.2. The fourth-order valence-corrected chi connectivity index (χ4v) is 3.72. The molecule has 0 saturated heterocycles. The summed E-state index contributed by atoms with van der Waals surface area (Å²) in [7, 11) is -3.56. The van der Waals surface area contributed by atoms with Crippen LogP contribution < -0.4 is 5.73 Å². The number of alkyl halides is 3. The van der Waals surface area contributed by atoms with Gasteiger partial charge < -0.3 is 19.9 Å². The van der Waals surface area contributed by atoms with Crippen LogP contribution in [0.2, 0.25) is 0 Å². The van der Waals surface area contributed by atoms with Crippen molar-refractivity contribution in [3.8, 4) is 11.5 Å². The molecular formula is C21H25ClF3N5O5S. The molecule has 2 rings (SSSR count). The number of nitrogens with two attached hydrogens (primary N) is 1. The molecule has 0 unspecified atom stereocenters. The highest BCUT2D eigenvalue weighted by Crippen LogP contribution is 2.28. The number of nitrogens with zero attached hydrogens (tertiary/aromatic N) is 4. The number of carbonyl (C=O) groups is 1. The molecule has 0 atom stereocenters. The van der Waals surface area contributed by atoms with Crippen molar-refractivity contribution in [1.82, 2.24) is 15.0 Å². The molecule has 0 aliphatic carbocycles. The Balaban J connectivity index is 2.37. The van der Waals surface area contributed by atoms with Gasteiger partial charge in [0, 0.05) is 18.4 Å². The maximum Gasteiger partial charge on any atom is 0.432 e. The van der Waals surface area contributed by atoms with Crippen LogP contribution in [0.25, 0.3) is 11.5 Å². The molecule has 15 heteroatoms. The molecule has 1 aromatic heterocycles. The van der Waals surface area contributed by atoms with Crippen LogP contribution in [0.15, 0.2) is 49.4 Å². The largest absolute Gasteiger partial charge is 0.463 e. The molecule has 1 heterocycles. The SMILES string of the molecule is CCN(CC)CCOC(=O)CN=C(/C(Cl)=C(\N)C(F)(F)F)c1noc(-c2cccc(S(C)(=O)=O)c2)n1. The number of allylic oxidation sites excluding steroid dienone is 2. The van der Waals surface area contributed by atoms with E-state index in [1.807, 2.05) is 18.7 Å². The summed E-state index contributed by atoms with van der Waals surface area (Å²) >= 11 is 5.87. The van der Waals surface area contributed by atoms with Crippen molar-refractivity contribution in [3.05, 3.63) is 40.8 Å². The number of aliphatic imine (C=N–C) groups is 1. The molecule has 0 amide bonds. The number of likely N-dealkylation sites (N-methyl/N-ethyl adjacent to an activating group) is 1. The highest BCUT2D eigenvalue weighted by atomic mass is 35.5. The summed E-state index contributed by atoms with van der Waals surface area (Å²) in [5.41, 5.74) is 2.98. The van der Waals surface area contributed by atoms with Crippen molar-refractivity contribution in [2.24, 2.45) is 10.7 Å². The zero-order valence-corrected chi connectivity index (χ0v) is 21.2. The van der Waals surface area contributed by atoms with Crippen LogP contribution in [0.3, 0.4) is 0 Å². The van der Waals surface area contributed by atoms with Crippen LogP contribution in [0.1, 0.15) is 19.7 Å². The number of esters is 1. The zero-order chi connectivity index (χ0) is 27.1. The lowest BCUT2D eigenvalue weighted by Crippen LogP contribution is -2.28. The number of sulfone groups is 1. The molecule has 36 heavy (non-hydrogen) atoms. The van der Waals surface area contributed by atoms with E-state index in [0.29, 0.717) is 6.54 Å². The van der Waals surface area contributed by atoms with Crippen LogP contribution in [-0.4, -0.2) is 80.4 Å². The highest BCUT2D eigenvalue weighted by molar-refractivity contribution is 7.90. The minimum absolute atomic E-state index is 0.0414. The minimum Gasteiger partial charge on any atom is -0.463 e. The molecule has 0 aliphatic heterocycles. The normalized spacial score (nSPS) is 13.6. The Morgan fingerprint density at radius 2 is 1.94 bits per heavy atom. The number of halogens is 4. The smallest absolute Gasteiger partial charge is 0.432 e. The maximum atomic E-state index is 13.2. The van der Waals surface area contributed by atoms with Gasteiger partial charge in [-0.2, -0.15) is 18.2 Å². The number of hydrogen-bond donors (Lipinski definition) is 1. The van der Waals surface area contributed by atoms with Crippen LogP contribution in [0.4, 0.5) is 13.2 Å². The van der Waals surface area contributed by atoms with Crippen molar-refractivity contribution in [1.29, 1.82) is 0 Å². The summed E-state index contributed by atoms with van der Waals surface area (Å²) in [6.45, 7) is 5.22. The van der Waals surface area contributed by atoms with Gasteiger partial charge >= 0.3 is 12.1 Å². The van der Waals surface area contributed by atoms with Gasteiger partial charge in [0.15, 0.2) is 9.84 Å². The molecule has 10 nitrogen and oxygen atoms in total. The van der Waals surface area contributed by atoms with Crippen LogP contribution in [0.5, 0.6) is 0 Å². The van der Waals surface area contributed by atoms with E-state index in [1.54, 1.807) is 0 Å². The van der Waals surface area contributed by atoms with E-state index in [-0.39, 0.29) is 23.0 Å². The molecule has 2 aromatic rings. The Morgan fingerprint density at radius 3 is 2.53 bits per heavy atom. The third-order valence-electron chi connectivity index (χ3n) is 4.83. The summed E-state index contributed by atoms with van der Waals surface area (Å²) < 4.78 is 73.3. The second-order valence-corrected chi connectivity index (χ2v) is 9.75. The van der Waals surface area contributed by atoms with Gasteiger partial charge in [0.25, 0.3) is 5.89 Å². The molecule has 198 valence electrons. The summed E-state index contributed by atoms with van der Waals surface area (Å²) in [6.07, 6.45) is -4.00. The zero-order valence-electron chi connectivity index (χ0n) is 19.7. The average Bonchev–Trinajstić information content (AvgIpc) is 3.30. The number of hydrogen-bond acceptors (Lipinski definition) is 10. The Labute approximate surface area is 210 Å². The third kappa shape index (κ3) is 8.03. The van der Waals surface area contributed by atoms with Crippen molar-refractivity contribution in [2.75, 3.05) is 39.0 Å². The maximum absolute atomic E-state index is 13.2. The number of aromatic nitrogens is 2. The van der Waals surface area contributed by atoms with E-state index in [4.69, 9.17) is 26.6 Å². The predicted octanol–water partition coefficient (Wildman–Crippen LogP) is 2.79. The minimum atomic E-state index is -5.00. The quantitative estimate of drug-likeness (QED) is 0.329. The highest BCUT2D eigenvalue weighted by Gasteiger charge is 2.36. The second-order valence-electron chi connectivity index (χ2n) is 7.36. The first-order chi connectivity index (χ1) is 16.8. The summed E-state index contributed by atoms with van der Waals surface area (Å²) in [5.74, 6) is -1.54. The van der Waals surface area contributed by atoms with E-state index in [1.165, 1.54) is 24.3 Å². The lowest BCUT2D eigenvalue weighted by molar-refractivity contribution is -0.142. The number of benzene rings is 1. The van der Waals surface area contributed by atoms with E-state index < -0.39 is 50.8 Å². The van der Waals surface area contributed by atoms with Crippen LogP contribution in [-0.2, 0) is 19.4 Å². The lowest BCUT2D eigenvalue weighted by Gasteiger charge is -2.17. The Kier molecular flexibility index (Phi) is 10.0. The van der Waals surface area contributed by atoms with E-state index >= 15 is 0 Å². The molecule has 0 aliphatic rings. The third-order valence-corrected chi connectivity index (χ3v) is 6.32. The standard InChI is InChI=1S/C21H25ClF3N5O5S/c1-4-30(5-2)9-10-34-15(31)12-27-17(16(22)18(26)21(23,24)25)19-28-20(35-29-19)13-7-6-8-14(11-13)36(3,32)33/h6-8,11H,4-5,9-10,12,26H2,1-3H3/b18-16+,27-17?. The Bertz CT molecular complexity index is 1240. The van der Waals surface area contributed by atoms with Crippen molar-refractivity contribution in [3.63, 3.8) is 0 Å². The van der Waals surface area contributed by atoms with E-state index in [9.17, 15) is 26.4 Å². The van der Waals surface area contributed by atoms with Crippen molar-refractivity contribution < 1.29 is 35.6 Å². The molecule has 1 aromatic carbocycles. The molecule has 0 saturated carbocycles. The predicted molar refractivity (Wildman–Crippen MR) is 126 cm³/mol. The fourth-order valence-electron chi connectivity index (χ4n) is 2.80. The van der Waals surface area contributed by atoms with Crippen LogP contribution >= 0.6 is 11.6 Å². The summed E-state index contributed by atoms with van der Waals surface area (Å²) in [6, 6.07) is 5.47. The van der Waals surface area contributed by atoms with Gasteiger partial charge in [0.05, 0.1) is 9.93 Å². The van der Waals surface area contributed by atoms with Gasteiger partial charge in [-0.25, -0.2) is 8.42 Å². The number of rotatable bonds is 11. The summed E-state index contributed by atoms with van der Waals surface area (Å²) in [5, 5.41) is 2.54. The topological polar surface area (TPSA) is 141 Å². The number of ether oxygens (including phenoxy) is 1. The molecular weight excluding hydrogens is 527 g/mol. The second kappa shape index (κ2) is 12.3. The van der Waals surface area contributed by atoms with Crippen molar-refractivity contribution in [2.45, 2.75) is 24.9 Å². The van der Waals surface area contributed by atoms with Gasteiger partial charge in [0.2, 0.25) is 5.82 Å². The first kappa shape index (κ1) is 29.3. The first-order valence-corrected chi connectivity index (χ1v) is 12.8. The molecule has 2 N–H and O–H groups in total. The van der Waals surface area contributed by atoms with E-state index in [2.05, 4.69) is 15.1 Å². The monoisotopic (exact) mass is 551 g/mol. The van der Waals surface area contributed by atoms with Gasteiger partial charge in [-0.3, -0.25) is 9.79 Å². The van der Waals surface area contributed by atoms with Gasteiger partial charge in [-0.15, -0.1) is 0 Å². The molecule has 0 radical (unpaired) electrons. The fraction of sp³-hybridized carbons (Fsp3) is 0.429. The summed E-state index contributed by atoms with van der Waals surface area (Å²) in [4.78, 5) is 21.8. The molecule has 0 fully saturated rings. The van der Waals surface area contributed by atoms with Gasteiger partial charge in [-0.1, -0.05) is 36.7 Å².